The summed E-state index contributed by atoms with van der Waals surface area (Å²) in [6.45, 7) is 0. The molecule has 6 heavy (non-hydrogen) atoms. The third kappa shape index (κ3) is 129. The van der Waals surface area contributed by atoms with E-state index in [9.17, 15) is 0 Å². The fourth-order valence-electron chi connectivity index (χ4n) is 0. The van der Waals surface area contributed by atoms with Gasteiger partial charge in [0.1, 0.15) is 0 Å². The third-order valence-corrected chi connectivity index (χ3v) is 0. The van der Waals surface area contributed by atoms with Gasteiger partial charge in [-0.25, -0.2) is 0 Å². The second-order valence-corrected chi connectivity index (χ2v) is 0. The first kappa shape index (κ1) is 74.8. The van der Waals surface area contributed by atoms with Crippen LogP contribution in [0.5, 0.6) is 0 Å². The molecule has 0 saturated heterocycles. The van der Waals surface area contributed by atoms with Crippen molar-refractivity contribution in [3.63, 3.8) is 0 Å². The maximum Gasteiger partial charge on any atom is 0.0319 e. The van der Waals surface area contributed by atoms with Crippen LogP contribution in [0.25, 0.3) is 0 Å². The molecule has 7 N–H and O–H groups in total. The van der Waals surface area contributed by atoms with E-state index in [1.54, 1.807) is 0 Å². The summed E-state index contributed by atoms with van der Waals surface area (Å²) in [5.41, 5.74) is 0. The van der Waals surface area contributed by atoms with E-state index in [4.69, 9.17) is 5.11 Å². The molecule has 0 amide bonds. The van der Waals surface area contributed by atoms with Crippen LogP contribution in [-0.2, 0) is 25.8 Å². The fourth-order valence-corrected chi connectivity index (χ4v) is 0. The van der Waals surface area contributed by atoms with Gasteiger partial charge in [0.05, 0.1) is 0 Å². The summed E-state index contributed by atoms with van der Waals surface area (Å²) in [5, 5.41) is 7.00. The van der Waals surface area contributed by atoms with Crippen LogP contribution < -0.4 is 0 Å². The van der Waals surface area contributed by atoms with Gasteiger partial charge in [0.15, 0.2) is 0 Å². The molecule has 0 aliphatic carbocycles. The van der Waals surface area contributed by atoms with Gasteiger partial charge in [-0.2, -0.15) is 0 Å². The van der Waals surface area contributed by atoms with Crippen molar-refractivity contribution in [2.45, 2.75) is 0 Å². The molecule has 0 aromatic rings. The van der Waals surface area contributed by atoms with Crippen LogP contribution in [-0.4, -0.2) is 28.6 Å². The van der Waals surface area contributed by atoms with E-state index in [1.807, 2.05) is 0 Å². The van der Waals surface area contributed by atoms with Gasteiger partial charge in [0.2, 0.25) is 0 Å². The molecule has 4 nitrogen and oxygen atoms in total. The molecule has 5 heteroatoms. The summed E-state index contributed by atoms with van der Waals surface area (Å²) in [6.07, 6.45) is 0. The topological polar surface area (TPSA) is 115 Å². The molecular weight excluding hydrogens is 254 g/mol. The van der Waals surface area contributed by atoms with Crippen molar-refractivity contribution in [3.8, 4) is 0 Å². The monoisotopic (exact) mass is 266 g/mol. The van der Waals surface area contributed by atoms with Crippen molar-refractivity contribution in [2.24, 2.45) is 0 Å². The fraction of sp³-hybridized carbons (Fsp3) is 1.00. The van der Waals surface area contributed by atoms with Crippen molar-refractivity contribution >= 4 is 0 Å². The van der Waals surface area contributed by atoms with E-state index < -0.39 is 0 Å². The SMILES string of the molecule is CO.O.O.O.[Hf]. The smallest absolute Gasteiger partial charge is 0.0319 e. The maximum absolute atomic E-state index is 7.00. The second kappa shape index (κ2) is 251. The molecule has 0 bridgehead atoms. The summed E-state index contributed by atoms with van der Waals surface area (Å²) in [5.74, 6) is 0. The maximum atomic E-state index is 7.00. The minimum Gasteiger partial charge on any atom is -0.412 e. The van der Waals surface area contributed by atoms with Gasteiger partial charge in [-0.3, -0.25) is 0 Å². The van der Waals surface area contributed by atoms with E-state index in [-0.39, 0.29) is 42.3 Å². The van der Waals surface area contributed by atoms with Gasteiger partial charge in [-0.05, 0) is 0 Å². The Morgan fingerprint density at radius 3 is 0.833 bits per heavy atom. The molecular formula is CH10HfO4. The first-order valence-corrected chi connectivity index (χ1v) is 0.447. The minimum atomic E-state index is 0. The standard InChI is InChI=1S/CH4O.Hf.3H2O/c1-2;;;;/h2H,1H3;;3*1H2. The zero-order valence-electron chi connectivity index (χ0n) is 3.45. The van der Waals surface area contributed by atoms with Crippen molar-refractivity contribution in [3.05, 3.63) is 0 Å². The van der Waals surface area contributed by atoms with E-state index in [0.29, 0.717) is 0 Å². The van der Waals surface area contributed by atoms with E-state index in [2.05, 4.69) is 0 Å². The number of aliphatic hydroxyl groups excluding tert-OH is 1. The molecule has 0 aromatic heterocycles. The van der Waals surface area contributed by atoms with Gasteiger partial charge in [-0.15, -0.1) is 0 Å². The molecule has 0 radical (unpaired) electrons. The number of aliphatic hydroxyl groups is 1. The van der Waals surface area contributed by atoms with Crippen LogP contribution in [0.1, 0.15) is 0 Å². The van der Waals surface area contributed by atoms with Crippen LogP contribution in [0.15, 0.2) is 0 Å². The zero-order valence-corrected chi connectivity index (χ0v) is 7.04. The average molecular weight is 265 g/mol. The molecule has 0 aromatic carbocycles. The Morgan fingerprint density at radius 2 is 0.833 bits per heavy atom. The largest absolute Gasteiger partial charge is 0.412 e. The molecule has 0 fully saturated rings. The Morgan fingerprint density at radius 1 is 0.833 bits per heavy atom. The normalized spacial score (nSPS) is 1.00. The molecule has 42 valence electrons. The molecule has 0 aliphatic heterocycles. The van der Waals surface area contributed by atoms with Crippen LogP contribution in [0.2, 0.25) is 0 Å². The third-order valence-electron chi connectivity index (χ3n) is 0. The van der Waals surface area contributed by atoms with Crippen LogP contribution >= 0.6 is 0 Å². The first-order valence-electron chi connectivity index (χ1n) is 0.447. The van der Waals surface area contributed by atoms with Gasteiger partial charge in [0, 0.05) is 33.0 Å². The molecule has 0 spiro atoms. The zero-order chi connectivity index (χ0) is 2.00. The van der Waals surface area contributed by atoms with Gasteiger partial charge >= 0.3 is 0 Å². The van der Waals surface area contributed by atoms with E-state index in [1.165, 1.54) is 0 Å². The van der Waals surface area contributed by atoms with Crippen LogP contribution in [0.3, 0.4) is 0 Å². The summed E-state index contributed by atoms with van der Waals surface area (Å²) < 4.78 is 0. The number of rotatable bonds is 0. The number of hydrogen-bond donors (Lipinski definition) is 1. The Hall–Kier alpha value is 0.710. The first-order chi connectivity index (χ1) is 1.00. The number of hydrogen-bond acceptors (Lipinski definition) is 1. The Labute approximate surface area is 54.9 Å². The summed E-state index contributed by atoms with van der Waals surface area (Å²) in [6, 6.07) is 0. The quantitative estimate of drug-likeness (QED) is 0.466. The predicted molar refractivity (Wildman–Crippen MR) is 19.0 cm³/mol. The van der Waals surface area contributed by atoms with Crippen molar-refractivity contribution in [2.75, 3.05) is 7.11 Å². The Bertz CT molecular complexity index is 7.51. The van der Waals surface area contributed by atoms with Gasteiger partial charge in [0.25, 0.3) is 0 Å². The molecule has 0 rings (SSSR count). The Balaban J connectivity index is -0.000000000833. The van der Waals surface area contributed by atoms with Gasteiger partial charge < -0.3 is 21.5 Å². The molecule has 0 unspecified atom stereocenters. The van der Waals surface area contributed by atoms with Crippen molar-refractivity contribution in [1.29, 1.82) is 0 Å². The average Bonchev–Trinajstić information content (AvgIpc) is 1.00. The van der Waals surface area contributed by atoms with Crippen LogP contribution in [0, 0.1) is 0 Å². The predicted octanol–water partition coefficient (Wildman–Crippen LogP) is -2.87. The molecule has 0 atom stereocenters. The van der Waals surface area contributed by atoms with Crippen LogP contribution in [0.4, 0.5) is 0 Å². The Kier molecular flexibility index (Phi) is 3130. The summed E-state index contributed by atoms with van der Waals surface area (Å²) >= 11 is 0. The molecule has 0 aliphatic rings. The summed E-state index contributed by atoms with van der Waals surface area (Å²) in [4.78, 5) is 0. The van der Waals surface area contributed by atoms with Gasteiger partial charge in [-0.1, -0.05) is 0 Å². The van der Waals surface area contributed by atoms with Crippen molar-refractivity contribution in [1.82, 2.24) is 0 Å². The summed E-state index contributed by atoms with van der Waals surface area (Å²) in [7, 11) is 1.00. The van der Waals surface area contributed by atoms with Crippen molar-refractivity contribution < 1.29 is 47.4 Å². The van der Waals surface area contributed by atoms with E-state index in [0.717, 1.165) is 7.11 Å². The molecule has 0 saturated carbocycles. The second-order valence-electron chi connectivity index (χ2n) is 0. The molecule has 0 heterocycles. The minimum absolute atomic E-state index is 0. The van der Waals surface area contributed by atoms with E-state index >= 15 is 0 Å².